The second-order valence-electron chi connectivity index (χ2n) is 13.1. The lowest BCUT2D eigenvalue weighted by molar-refractivity contribution is 0.795. The monoisotopic (exact) mass is 592 g/mol. The summed E-state index contributed by atoms with van der Waals surface area (Å²) in [5.41, 5.74) is 21.0. The molecule has 8 aromatic carbocycles. The third-order valence-corrected chi connectivity index (χ3v) is 11.0. The van der Waals surface area contributed by atoms with Gasteiger partial charge in [0.2, 0.25) is 0 Å². The second-order valence-corrected chi connectivity index (χ2v) is 13.1. The van der Waals surface area contributed by atoms with Gasteiger partial charge < -0.3 is 0 Å². The Morgan fingerprint density at radius 2 is 0.745 bits per heavy atom. The standard InChI is InChI=1S/C47H28/c1-3-14-29(15-4-1)31-26-27-32(30-16-5-2-6-17-30)46-38-28-42-44(36-21-13-22-37(43(36)38)45(31)46)35-20-9-12-25-41(35)47(42)39-23-10-7-18-33(39)34-19-8-11-24-40(34)47/h1-28H. The van der Waals surface area contributed by atoms with Gasteiger partial charge in [-0.05, 0) is 106 Å². The third-order valence-electron chi connectivity index (χ3n) is 11.0. The van der Waals surface area contributed by atoms with Crippen molar-refractivity contribution in [2.24, 2.45) is 0 Å². The fourth-order valence-electron chi connectivity index (χ4n) is 9.34. The van der Waals surface area contributed by atoms with Crippen LogP contribution in [0.3, 0.4) is 0 Å². The molecule has 0 heteroatoms. The van der Waals surface area contributed by atoms with Crippen molar-refractivity contribution in [2.45, 2.75) is 5.41 Å². The summed E-state index contributed by atoms with van der Waals surface area (Å²) >= 11 is 0. The van der Waals surface area contributed by atoms with E-state index < -0.39 is 0 Å². The molecule has 11 rings (SSSR count). The van der Waals surface area contributed by atoms with Crippen LogP contribution in [0.2, 0.25) is 0 Å². The number of hydrogen-bond donors (Lipinski definition) is 0. The van der Waals surface area contributed by atoms with Crippen molar-refractivity contribution in [1.82, 2.24) is 0 Å². The molecule has 3 aliphatic carbocycles. The highest BCUT2D eigenvalue weighted by molar-refractivity contribution is 6.25. The van der Waals surface area contributed by atoms with Gasteiger partial charge in [-0.1, -0.05) is 164 Å². The molecule has 0 amide bonds. The predicted molar refractivity (Wildman–Crippen MR) is 196 cm³/mol. The Morgan fingerprint density at radius 1 is 0.277 bits per heavy atom. The van der Waals surface area contributed by atoms with Crippen LogP contribution in [0.25, 0.3) is 77.5 Å². The summed E-state index contributed by atoms with van der Waals surface area (Å²) in [6.45, 7) is 0. The van der Waals surface area contributed by atoms with Gasteiger partial charge in [-0.3, -0.25) is 0 Å². The molecule has 0 bridgehead atoms. The SMILES string of the molecule is c1ccc(-c2ccc(-c3ccccc3)c3c2-c2cccc4c5c(cc-3c24)C2(c3ccccc3-c3ccccc32)c2ccccc2-5)cc1. The summed E-state index contributed by atoms with van der Waals surface area (Å²) in [5, 5.41) is 2.71. The van der Waals surface area contributed by atoms with E-state index in [9.17, 15) is 0 Å². The molecule has 8 aromatic rings. The molecule has 1 spiro atoms. The summed E-state index contributed by atoms with van der Waals surface area (Å²) < 4.78 is 0. The average molecular weight is 593 g/mol. The van der Waals surface area contributed by atoms with Crippen molar-refractivity contribution >= 4 is 10.8 Å². The summed E-state index contributed by atoms with van der Waals surface area (Å²) in [4.78, 5) is 0. The van der Waals surface area contributed by atoms with Crippen molar-refractivity contribution < 1.29 is 0 Å². The van der Waals surface area contributed by atoms with Gasteiger partial charge in [-0.15, -0.1) is 0 Å². The molecule has 0 unspecified atom stereocenters. The highest BCUT2D eigenvalue weighted by atomic mass is 14.5. The maximum atomic E-state index is 2.59. The molecule has 3 aliphatic rings. The van der Waals surface area contributed by atoms with Crippen molar-refractivity contribution in [2.75, 3.05) is 0 Å². The summed E-state index contributed by atoms with van der Waals surface area (Å²) in [7, 11) is 0. The largest absolute Gasteiger partial charge is 0.0725 e. The first kappa shape index (κ1) is 25.2. The maximum absolute atomic E-state index is 2.59. The van der Waals surface area contributed by atoms with Gasteiger partial charge in [0.1, 0.15) is 0 Å². The Bertz CT molecular complexity index is 2560. The van der Waals surface area contributed by atoms with E-state index in [4.69, 9.17) is 0 Å². The van der Waals surface area contributed by atoms with Crippen molar-refractivity contribution in [3.8, 4) is 66.8 Å². The predicted octanol–water partition coefficient (Wildman–Crippen LogP) is 12.2. The van der Waals surface area contributed by atoms with E-state index in [0.717, 1.165) is 0 Å². The molecular formula is C47H28. The molecule has 0 fully saturated rings. The second kappa shape index (κ2) is 9.06. The highest BCUT2D eigenvalue weighted by Crippen LogP contribution is 2.66. The molecule has 0 heterocycles. The Labute approximate surface area is 274 Å². The van der Waals surface area contributed by atoms with E-state index in [-0.39, 0.29) is 5.41 Å². The topological polar surface area (TPSA) is 0 Å². The molecule has 216 valence electrons. The smallest absolute Gasteiger partial charge is 0.0622 e. The summed E-state index contributed by atoms with van der Waals surface area (Å²) in [6.07, 6.45) is 0. The number of benzene rings is 8. The van der Waals surface area contributed by atoms with Gasteiger partial charge in [0.25, 0.3) is 0 Å². The van der Waals surface area contributed by atoms with E-state index in [1.54, 1.807) is 0 Å². The van der Waals surface area contributed by atoms with Gasteiger partial charge in [0, 0.05) is 0 Å². The van der Waals surface area contributed by atoms with Gasteiger partial charge in [0.15, 0.2) is 0 Å². The Balaban J connectivity index is 1.33. The average Bonchev–Trinajstić information content (AvgIpc) is 3.75. The number of hydrogen-bond acceptors (Lipinski definition) is 0. The molecule has 0 N–H and O–H groups in total. The molecule has 0 aromatic heterocycles. The van der Waals surface area contributed by atoms with Crippen LogP contribution in [0, 0.1) is 0 Å². The summed E-state index contributed by atoms with van der Waals surface area (Å²) in [5.74, 6) is 0. The zero-order valence-electron chi connectivity index (χ0n) is 25.7. The van der Waals surface area contributed by atoms with Crippen LogP contribution in [0.5, 0.6) is 0 Å². The molecule has 47 heavy (non-hydrogen) atoms. The van der Waals surface area contributed by atoms with Gasteiger partial charge in [0.05, 0.1) is 5.41 Å². The molecule has 0 atom stereocenters. The van der Waals surface area contributed by atoms with Gasteiger partial charge >= 0.3 is 0 Å². The van der Waals surface area contributed by atoms with Crippen LogP contribution < -0.4 is 0 Å². The van der Waals surface area contributed by atoms with Crippen LogP contribution in [-0.2, 0) is 5.41 Å². The van der Waals surface area contributed by atoms with Gasteiger partial charge in [-0.25, -0.2) is 0 Å². The minimum absolute atomic E-state index is 0.382. The quantitative estimate of drug-likeness (QED) is 0.187. The first-order chi connectivity index (χ1) is 23.4. The number of rotatable bonds is 2. The van der Waals surface area contributed by atoms with E-state index in [1.807, 2.05) is 0 Å². The molecule has 0 radical (unpaired) electrons. The number of fused-ring (bicyclic) bond motifs is 14. The normalized spacial score (nSPS) is 13.7. The molecule has 0 aliphatic heterocycles. The maximum Gasteiger partial charge on any atom is 0.0725 e. The van der Waals surface area contributed by atoms with E-state index in [2.05, 4.69) is 170 Å². The summed E-state index contributed by atoms with van der Waals surface area (Å²) in [6, 6.07) is 63.5. The minimum atomic E-state index is -0.382. The van der Waals surface area contributed by atoms with E-state index in [0.29, 0.717) is 0 Å². The van der Waals surface area contributed by atoms with Crippen LogP contribution >= 0.6 is 0 Å². The minimum Gasteiger partial charge on any atom is -0.0622 e. The lowest BCUT2D eigenvalue weighted by Gasteiger charge is -2.31. The van der Waals surface area contributed by atoms with Crippen LogP contribution in [0.1, 0.15) is 22.3 Å². The molecule has 0 nitrogen and oxygen atoms in total. The lowest BCUT2D eigenvalue weighted by atomic mass is 9.70. The zero-order valence-corrected chi connectivity index (χ0v) is 25.7. The van der Waals surface area contributed by atoms with Crippen LogP contribution in [0.4, 0.5) is 0 Å². The Hall–Kier alpha value is -5.98. The Kier molecular flexibility index (Phi) is 4.86. The highest BCUT2D eigenvalue weighted by Gasteiger charge is 2.52. The zero-order chi connectivity index (χ0) is 30.7. The first-order valence-electron chi connectivity index (χ1n) is 16.5. The van der Waals surface area contributed by atoms with Crippen molar-refractivity contribution in [3.05, 3.63) is 192 Å². The van der Waals surface area contributed by atoms with E-state index in [1.165, 1.54) is 99.8 Å². The molecule has 0 saturated carbocycles. The van der Waals surface area contributed by atoms with E-state index >= 15 is 0 Å². The molecule has 0 saturated heterocycles. The molecular weight excluding hydrogens is 565 g/mol. The van der Waals surface area contributed by atoms with Crippen LogP contribution in [0.15, 0.2) is 170 Å². The third kappa shape index (κ3) is 3.04. The fraction of sp³-hybridized carbons (Fsp3) is 0.0213. The Morgan fingerprint density at radius 3 is 1.34 bits per heavy atom. The van der Waals surface area contributed by atoms with Crippen molar-refractivity contribution in [1.29, 1.82) is 0 Å². The fourth-order valence-corrected chi connectivity index (χ4v) is 9.34. The van der Waals surface area contributed by atoms with Crippen LogP contribution in [-0.4, -0.2) is 0 Å². The first-order valence-corrected chi connectivity index (χ1v) is 16.5. The van der Waals surface area contributed by atoms with Crippen molar-refractivity contribution in [3.63, 3.8) is 0 Å². The lowest BCUT2D eigenvalue weighted by Crippen LogP contribution is -2.25. The van der Waals surface area contributed by atoms with Gasteiger partial charge in [-0.2, -0.15) is 0 Å².